The number of hydrogen-bond acceptors (Lipinski definition) is 7. The fourth-order valence-corrected chi connectivity index (χ4v) is 6.40. The number of fused-ring (bicyclic) bond motifs is 1. The Morgan fingerprint density at radius 1 is 1.00 bits per heavy atom. The summed E-state index contributed by atoms with van der Waals surface area (Å²) in [5.74, 6) is -0.434. The zero-order valence-electron chi connectivity index (χ0n) is 16.9. The van der Waals surface area contributed by atoms with Gasteiger partial charge in [0.25, 0.3) is 0 Å². The first-order chi connectivity index (χ1) is 15.0. The molecule has 2 aliphatic heterocycles. The first kappa shape index (κ1) is 20.4. The summed E-state index contributed by atoms with van der Waals surface area (Å²) < 4.78 is 33.7. The van der Waals surface area contributed by atoms with Crippen LogP contribution >= 0.6 is 11.3 Å². The van der Waals surface area contributed by atoms with Gasteiger partial charge in [-0.05, 0) is 49.2 Å². The second kappa shape index (κ2) is 8.22. The molecule has 7 nitrogen and oxygen atoms in total. The molecule has 31 heavy (non-hydrogen) atoms. The van der Waals surface area contributed by atoms with Gasteiger partial charge in [0.1, 0.15) is 6.10 Å². The second-order valence-corrected chi connectivity index (χ2v) is 10.8. The van der Waals surface area contributed by atoms with Crippen LogP contribution in [0.15, 0.2) is 53.4 Å². The second-order valence-electron chi connectivity index (χ2n) is 7.89. The lowest BCUT2D eigenvalue weighted by atomic mass is 10.2. The van der Waals surface area contributed by atoms with E-state index >= 15 is 0 Å². The zero-order valence-corrected chi connectivity index (χ0v) is 18.6. The van der Waals surface area contributed by atoms with E-state index in [2.05, 4.69) is 9.88 Å². The van der Waals surface area contributed by atoms with Crippen molar-refractivity contribution in [3.05, 3.63) is 54.1 Å². The molecule has 2 saturated heterocycles. The molecule has 0 amide bonds. The summed E-state index contributed by atoms with van der Waals surface area (Å²) in [7, 11) is -3.50. The van der Waals surface area contributed by atoms with Crippen LogP contribution in [0.5, 0.6) is 0 Å². The highest BCUT2D eigenvalue weighted by molar-refractivity contribution is 7.89. The number of hydrogen-bond donors (Lipinski definition) is 0. The van der Waals surface area contributed by atoms with E-state index in [1.165, 1.54) is 28.6 Å². The molecule has 3 heterocycles. The van der Waals surface area contributed by atoms with Crippen molar-refractivity contribution in [3.8, 4) is 0 Å². The first-order valence-corrected chi connectivity index (χ1v) is 12.7. The van der Waals surface area contributed by atoms with Crippen molar-refractivity contribution < 1.29 is 17.9 Å². The number of anilines is 1. The van der Waals surface area contributed by atoms with Gasteiger partial charge < -0.3 is 9.64 Å². The number of thiazole rings is 1. The molecule has 0 bridgehead atoms. The topological polar surface area (TPSA) is 79.8 Å². The first-order valence-electron chi connectivity index (χ1n) is 10.4. The number of aromatic nitrogens is 1. The Labute approximate surface area is 185 Å². The van der Waals surface area contributed by atoms with Crippen molar-refractivity contribution >= 4 is 42.7 Å². The Hall–Kier alpha value is -2.49. The average molecular weight is 458 g/mol. The smallest absolute Gasteiger partial charge is 0.338 e. The van der Waals surface area contributed by atoms with Crippen LogP contribution in [0.2, 0.25) is 0 Å². The van der Waals surface area contributed by atoms with E-state index in [4.69, 9.17) is 4.74 Å². The van der Waals surface area contributed by atoms with Crippen LogP contribution in [0.1, 0.15) is 29.6 Å². The lowest BCUT2D eigenvalue weighted by Crippen LogP contribution is -2.53. The largest absolute Gasteiger partial charge is 0.455 e. The number of piperidine rings is 1. The Morgan fingerprint density at radius 2 is 1.71 bits per heavy atom. The molecule has 0 radical (unpaired) electrons. The third-order valence-electron chi connectivity index (χ3n) is 5.72. The summed E-state index contributed by atoms with van der Waals surface area (Å²) in [5, 5.41) is 0.931. The van der Waals surface area contributed by atoms with Gasteiger partial charge in [-0.15, -0.1) is 0 Å². The Kier molecular flexibility index (Phi) is 5.41. The molecular formula is C22H23N3O4S2. The molecule has 2 aliphatic rings. The normalized spacial score (nSPS) is 18.1. The maximum Gasteiger partial charge on any atom is 0.338 e. The number of nitrogens with zero attached hydrogens (tertiary/aromatic N) is 3. The summed E-state index contributed by atoms with van der Waals surface area (Å²) in [6.45, 7) is 2.32. The van der Waals surface area contributed by atoms with E-state index < -0.39 is 16.0 Å². The SMILES string of the molecule is O=C(OC1CN(c2nc3ccccc3s2)C1)c1ccc(S(=O)(=O)N2CCCCC2)cc1. The van der Waals surface area contributed by atoms with Crippen molar-refractivity contribution in [3.63, 3.8) is 0 Å². The molecule has 3 aromatic rings. The standard InChI is InChI=1S/C22H23N3O4S2/c26-21(16-8-10-18(11-9-16)31(27,28)25-12-4-1-5-13-25)29-17-14-24(15-17)22-23-19-6-2-3-7-20(19)30-22/h2-3,6-11,17H,1,4-5,12-15H2. The summed E-state index contributed by atoms with van der Waals surface area (Å²) in [6.07, 6.45) is 2.64. The zero-order chi connectivity index (χ0) is 21.4. The number of carbonyl (C=O) groups excluding carboxylic acids is 1. The number of rotatable bonds is 5. The molecule has 5 rings (SSSR count). The Balaban J connectivity index is 1.18. The van der Waals surface area contributed by atoms with Gasteiger partial charge in [-0.25, -0.2) is 18.2 Å². The Morgan fingerprint density at radius 3 is 2.42 bits per heavy atom. The molecule has 162 valence electrons. The van der Waals surface area contributed by atoms with Gasteiger partial charge in [-0.3, -0.25) is 0 Å². The van der Waals surface area contributed by atoms with Crippen LogP contribution in [0.4, 0.5) is 5.13 Å². The van der Waals surface area contributed by atoms with Gasteiger partial charge in [-0.2, -0.15) is 4.31 Å². The highest BCUT2D eigenvalue weighted by Crippen LogP contribution is 2.32. The third-order valence-corrected chi connectivity index (χ3v) is 8.73. The molecule has 2 fully saturated rings. The van der Waals surface area contributed by atoms with Crippen LogP contribution in [0, 0.1) is 0 Å². The van der Waals surface area contributed by atoms with Crippen LogP contribution in [0.3, 0.4) is 0 Å². The molecule has 0 atom stereocenters. The average Bonchev–Trinajstić information content (AvgIpc) is 3.20. The minimum atomic E-state index is -3.50. The number of ether oxygens (including phenoxy) is 1. The minimum absolute atomic E-state index is 0.198. The summed E-state index contributed by atoms with van der Waals surface area (Å²) in [6, 6.07) is 14.0. The van der Waals surface area contributed by atoms with E-state index in [1.807, 2.05) is 24.3 Å². The highest BCUT2D eigenvalue weighted by atomic mass is 32.2. The number of benzene rings is 2. The lowest BCUT2D eigenvalue weighted by Gasteiger charge is -2.38. The molecule has 0 spiro atoms. The van der Waals surface area contributed by atoms with Gasteiger partial charge >= 0.3 is 5.97 Å². The van der Waals surface area contributed by atoms with Gasteiger partial charge in [-0.1, -0.05) is 29.9 Å². The predicted molar refractivity (Wildman–Crippen MR) is 120 cm³/mol. The van der Waals surface area contributed by atoms with Crippen molar-refractivity contribution in [1.29, 1.82) is 0 Å². The van der Waals surface area contributed by atoms with Gasteiger partial charge in [0.15, 0.2) is 5.13 Å². The van der Waals surface area contributed by atoms with E-state index in [1.54, 1.807) is 11.3 Å². The summed E-state index contributed by atoms with van der Waals surface area (Å²) in [4.78, 5) is 19.4. The minimum Gasteiger partial charge on any atom is -0.455 e. The third kappa shape index (κ3) is 4.05. The molecule has 1 aromatic heterocycles. The van der Waals surface area contributed by atoms with Crippen LogP contribution in [-0.2, 0) is 14.8 Å². The fraction of sp³-hybridized carbons (Fsp3) is 0.364. The fourth-order valence-electron chi connectivity index (χ4n) is 3.90. The van der Waals surface area contributed by atoms with Crippen molar-refractivity contribution in [1.82, 2.24) is 9.29 Å². The maximum atomic E-state index is 12.7. The van der Waals surface area contributed by atoms with E-state index in [-0.39, 0.29) is 11.0 Å². The molecule has 0 unspecified atom stereocenters. The predicted octanol–water partition coefficient (Wildman–Crippen LogP) is 3.52. The quantitative estimate of drug-likeness (QED) is 0.546. The summed E-state index contributed by atoms with van der Waals surface area (Å²) in [5.41, 5.74) is 1.33. The highest BCUT2D eigenvalue weighted by Gasteiger charge is 2.32. The van der Waals surface area contributed by atoms with E-state index in [0.717, 1.165) is 34.6 Å². The lowest BCUT2D eigenvalue weighted by molar-refractivity contribution is 0.0234. The van der Waals surface area contributed by atoms with Crippen molar-refractivity contribution in [2.75, 3.05) is 31.1 Å². The van der Waals surface area contributed by atoms with E-state index in [9.17, 15) is 13.2 Å². The number of para-hydroxylation sites is 1. The number of esters is 1. The maximum absolute atomic E-state index is 12.7. The molecule has 2 aromatic carbocycles. The molecule has 0 N–H and O–H groups in total. The van der Waals surface area contributed by atoms with Crippen molar-refractivity contribution in [2.45, 2.75) is 30.3 Å². The van der Waals surface area contributed by atoms with Crippen molar-refractivity contribution in [2.24, 2.45) is 0 Å². The van der Waals surface area contributed by atoms with Crippen LogP contribution < -0.4 is 4.90 Å². The number of carbonyl (C=O) groups is 1. The molecule has 9 heteroatoms. The molecule has 0 aliphatic carbocycles. The van der Waals surface area contributed by atoms with Crippen LogP contribution in [-0.4, -0.2) is 56.0 Å². The molecule has 0 saturated carbocycles. The van der Waals surface area contributed by atoms with E-state index in [0.29, 0.717) is 31.7 Å². The number of sulfonamides is 1. The Bertz CT molecular complexity index is 1160. The van der Waals surface area contributed by atoms with Gasteiger partial charge in [0, 0.05) is 13.1 Å². The van der Waals surface area contributed by atoms with Crippen LogP contribution in [0.25, 0.3) is 10.2 Å². The van der Waals surface area contributed by atoms with Gasteiger partial charge in [0.05, 0.1) is 33.8 Å². The molecular weight excluding hydrogens is 434 g/mol. The summed E-state index contributed by atoms with van der Waals surface area (Å²) >= 11 is 1.63. The monoisotopic (exact) mass is 457 g/mol. The van der Waals surface area contributed by atoms with Gasteiger partial charge in [0.2, 0.25) is 10.0 Å².